The predicted molar refractivity (Wildman–Crippen MR) is 76.7 cm³/mol. The third kappa shape index (κ3) is 2.92. The van der Waals surface area contributed by atoms with E-state index >= 15 is 0 Å². The SMILES string of the molecule is Cc1noc(C)c1C(C)Nc1nc(NN)ccc1[N+](=O)[O-]. The summed E-state index contributed by atoms with van der Waals surface area (Å²) in [5.74, 6) is 6.39. The Morgan fingerprint density at radius 1 is 1.43 bits per heavy atom. The first-order chi connectivity index (χ1) is 9.93. The van der Waals surface area contributed by atoms with Gasteiger partial charge < -0.3 is 15.3 Å². The van der Waals surface area contributed by atoms with Crippen molar-refractivity contribution < 1.29 is 9.45 Å². The van der Waals surface area contributed by atoms with E-state index in [9.17, 15) is 10.1 Å². The van der Waals surface area contributed by atoms with Crippen molar-refractivity contribution in [3.8, 4) is 0 Å². The van der Waals surface area contributed by atoms with E-state index in [1.807, 2.05) is 13.8 Å². The van der Waals surface area contributed by atoms with Gasteiger partial charge in [-0.2, -0.15) is 0 Å². The van der Waals surface area contributed by atoms with Crippen LogP contribution in [0, 0.1) is 24.0 Å². The van der Waals surface area contributed by atoms with Crippen LogP contribution >= 0.6 is 0 Å². The average molecular weight is 292 g/mol. The number of nitrogen functional groups attached to an aromatic ring is 1. The van der Waals surface area contributed by atoms with Gasteiger partial charge in [-0.15, -0.1) is 0 Å². The summed E-state index contributed by atoms with van der Waals surface area (Å²) < 4.78 is 5.10. The van der Waals surface area contributed by atoms with Crippen LogP contribution in [0.25, 0.3) is 0 Å². The number of aromatic nitrogens is 2. The molecule has 1 atom stereocenters. The van der Waals surface area contributed by atoms with Crippen molar-refractivity contribution in [3.05, 3.63) is 39.3 Å². The third-order valence-corrected chi connectivity index (χ3v) is 3.09. The molecule has 21 heavy (non-hydrogen) atoms. The summed E-state index contributed by atoms with van der Waals surface area (Å²) >= 11 is 0. The number of nitrogens with zero attached hydrogens (tertiary/aromatic N) is 3. The fraction of sp³-hybridized carbons (Fsp3) is 0.333. The van der Waals surface area contributed by atoms with Crippen LogP contribution in [-0.4, -0.2) is 15.1 Å². The summed E-state index contributed by atoms with van der Waals surface area (Å²) in [7, 11) is 0. The van der Waals surface area contributed by atoms with E-state index in [2.05, 4.69) is 20.9 Å². The Morgan fingerprint density at radius 3 is 2.67 bits per heavy atom. The van der Waals surface area contributed by atoms with Crippen LogP contribution in [0.5, 0.6) is 0 Å². The molecule has 2 aromatic heterocycles. The van der Waals surface area contributed by atoms with E-state index in [-0.39, 0.29) is 17.5 Å². The lowest BCUT2D eigenvalue weighted by atomic mass is 10.1. The summed E-state index contributed by atoms with van der Waals surface area (Å²) in [6.07, 6.45) is 0. The van der Waals surface area contributed by atoms with Gasteiger partial charge in [0.2, 0.25) is 5.82 Å². The van der Waals surface area contributed by atoms with E-state index in [0.29, 0.717) is 11.6 Å². The first kappa shape index (κ1) is 14.7. The van der Waals surface area contributed by atoms with Crippen LogP contribution in [0.3, 0.4) is 0 Å². The molecule has 0 bridgehead atoms. The molecule has 0 radical (unpaired) electrons. The molecule has 2 aromatic rings. The molecule has 0 saturated carbocycles. The van der Waals surface area contributed by atoms with Gasteiger partial charge in [-0.05, 0) is 26.8 Å². The zero-order valence-electron chi connectivity index (χ0n) is 11.9. The smallest absolute Gasteiger partial charge is 0.311 e. The van der Waals surface area contributed by atoms with Crippen LogP contribution < -0.4 is 16.6 Å². The van der Waals surface area contributed by atoms with E-state index in [4.69, 9.17) is 10.4 Å². The van der Waals surface area contributed by atoms with Crippen molar-refractivity contribution in [2.45, 2.75) is 26.8 Å². The normalized spacial score (nSPS) is 12.0. The molecule has 112 valence electrons. The van der Waals surface area contributed by atoms with Gasteiger partial charge in [0, 0.05) is 11.6 Å². The topological polar surface area (TPSA) is 132 Å². The highest BCUT2D eigenvalue weighted by molar-refractivity contribution is 5.61. The molecule has 0 spiro atoms. The quantitative estimate of drug-likeness (QED) is 0.433. The molecule has 0 fully saturated rings. The van der Waals surface area contributed by atoms with Gasteiger partial charge in [0.05, 0.1) is 16.7 Å². The number of aryl methyl sites for hydroxylation is 2. The Hall–Kier alpha value is -2.68. The highest BCUT2D eigenvalue weighted by Crippen LogP contribution is 2.29. The molecule has 0 amide bonds. The van der Waals surface area contributed by atoms with Gasteiger partial charge >= 0.3 is 5.69 Å². The largest absolute Gasteiger partial charge is 0.361 e. The molecule has 2 rings (SSSR count). The molecule has 4 N–H and O–H groups in total. The second-order valence-corrected chi connectivity index (χ2v) is 4.57. The maximum Gasteiger partial charge on any atom is 0.311 e. The summed E-state index contributed by atoms with van der Waals surface area (Å²) in [4.78, 5) is 14.6. The lowest BCUT2D eigenvalue weighted by Gasteiger charge is -2.15. The molecule has 0 aliphatic heterocycles. The van der Waals surface area contributed by atoms with Crippen molar-refractivity contribution in [2.24, 2.45) is 5.84 Å². The predicted octanol–water partition coefficient (Wildman–Crippen LogP) is 2.05. The van der Waals surface area contributed by atoms with Gasteiger partial charge in [0.25, 0.3) is 0 Å². The number of hydrogen-bond acceptors (Lipinski definition) is 8. The lowest BCUT2D eigenvalue weighted by molar-refractivity contribution is -0.384. The number of pyridine rings is 1. The van der Waals surface area contributed by atoms with Crippen molar-refractivity contribution in [1.82, 2.24) is 10.1 Å². The fourth-order valence-electron chi connectivity index (χ4n) is 2.17. The van der Waals surface area contributed by atoms with Crippen molar-refractivity contribution in [1.29, 1.82) is 0 Å². The van der Waals surface area contributed by atoms with Crippen molar-refractivity contribution in [3.63, 3.8) is 0 Å². The van der Waals surface area contributed by atoms with Gasteiger partial charge in [-0.1, -0.05) is 5.16 Å². The number of hydrogen-bond donors (Lipinski definition) is 3. The highest BCUT2D eigenvalue weighted by atomic mass is 16.6. The Bertz CT molecular complexity index is 650. The van der Waals surface area contributed by atoms with E-state index in [0.717, 1.165) is 11.3 Å². The number of anilines is 2. The summed E-state index contributed by atoms with van der Waals surface area (Å²) in [6, 6.07) is 2.52. The summed E-state index contributed by atoms with van der Waals surface area (Å²) in [5.41, 5.74) is 3.80. The van der Waals surface area contributed by atoms with Crippen LogP contribution in [0.1, 0.15) is 30.0 Å². The second-order valence-electron chi connectivity index (χ2n) is 4.57. The number of rotatable bonds is 5. The maximum absolute atomic E-state index is 11.1. The van der Waals surface area contributed by atoms with Crippen LogP contribution in [0.15, 0.2) is 16.7 Å². The van der Waals surface area contributed by atoms with E-state index < -0.39 is 4.92 Å². The maximum atomic E-state index is 11.1. The number of nitro groups is 1. The molecule has 9 nitrogen and oxygen atoms in total. The van der Waals surface area contributed by atoms with Crippen LogP contribution in [0.2, 0.25) is 0 Å². The minimum atomic E-state index is -0.504. The first-order valence-electron chi connectivity index (χ1n) is 6.25. The molecular formula is C12H16N6O3. The van der Waals surface area contributed by atoms with Crippen molar-refractivity contribution in [2.75, 3.05) is 10.7 Å². The van der Waals surface area contributed by atoms with Gasteiger partial charge in [-0.3, -0.25) is 10.1 Å². The number of hydrazine groups is 1. The van der Waals surface area contributed by atoms with Gasteiger partial charge in [-0.25, -0.2) is 10.8 Å². The Morgan fingerprint density at radius 2 is 2.14 bits per heavy atom. The van der Waals surface area contributed by atoms with Gasteiger partial charge in [0.1, 0.15) is 11.6 Å². The Balaban J connectivity index is 2.36. The van der Waals surface area contributed by atoms with Crippen LogP contribution in [-0.2, 0) is 0 Å². The average Bonchev–Trinajstić information content (AvgIpc) is 2.77. The molecule has 9 heteroatoms. The molecule has 0 aliphatic carbocycles. The van der Waals surface area contributed by atoms with Crippen LogP contribution in [0.4, 0.5) is 17.3 Å². The Labute approximate surface area is 120 Å². The molecule has 0 saturated heterocycles. The zero-order valence-corrected chi connectivity index (χ0v) is 11.9. The molecule has 0 aliphatic rings. The Kier molecular flexibility index (Phi) is 4.03. The molecule has 2 heterocycles. The standard InChI is InChI=1S/C12H16N6O3/c1-6(11-7(2)17-21-8(11)3)14-12-9(18(19)20)4-5-10(15-12)16-13/h4-6H,13H2,1-3H3,(H2,14,15,16). The van der Waals surface area contributed by atoms with E-state index in [1.165, 1.54) is 12.1 Å². The van der Waals surface area contributed by atoms with E-state index in [1.54, 1.807) is 6.92 Å². The summed E-state index contributed by atoms with van der Waals surface area (Å²) in [6.45, 7) is 5.44. The molecule has 0 aromatic carbocycles. The highest BCUT2D eigenvalue weighted by Gasteiger charge is 2.22. The minimum absolute atomic E-state index is 0.128. The number of nitrogens with two attached hydrogens (primary N) is 1. The zero-order chi connectivity index (χ0) is 15.6. The summed E-state index contributed by atoms with van der Waals surface area (Å²) in [5, 5.41) is 17.9. The first-order valence-corrected chi connectivity index (χ1v) is 6.25. The molecular weight excluding hydrogens is 276 g/mol. The van der Waals surface area contributed by atoms with Gasteiger partial charge in [0.15, 0.2) is 0 Å². The lowest BCUT2D eigenvalue weighted by Crippen LogP contribution is -2.14. The van der Waals surface area contributed by atoms with Crippen molar-refractivity contribution >= 4 is 17.3 Å². The fourth-order valence-corrected chi connectivity index (χ4v) is 2.17. The second kappa shape index (κ2) is 5.75. The molecule has 1 unspecified atom stereocenters. The number of nitrogens with one attached hydrogen (secondary N) is 2. The minimum Gasteiger partial charge on any atom is -0.361 e. The third-order valence-electron chi connectivity index (χ3n) is 3.09. The monoisotopic (exact) mass is 292 g/mol.